The van der Waals surface area contributed by atoms with Crippen LogP contribution in [0.5, 0.6) is 0 Å². The van der Waals surface area contributed by atoms with Gasteiger partial charge in [0, 0.05) is 37.2 Å². The minimum absolute atomic E-state index is 0.0488. The lowest BCUT2D eigenvalue weighted by atomic mass is 9.99. The van der Waals surface area contributed by atoms with E-state index in [2.05, 4.69) is 50.6 Å². The second-order valence-electron chi connectivity index (χ2n) is 6.90. The molecule has 28 heavy (non-hydrogen) atoms. The number of ether oxygens (including phenoxy) is 1. The molecule has 0 bridgehead atoms. The first-order chi connectivity index (χ1) is 13.7. The smallest absolute Gasteiger partial charge is 0.337 e. The van der Waals surface area contributed by atoms with Gasteiger partial charge in [-0.2, -0.15) is 0 Å². The van der Waals surface area contributed by atoms with Crippen LogP contribution in [0.15, 0.2) is 59.9 Å². The van der Waals surface area contributed by atoms with E-state index in [1.165, 1.54) is 11.3 Å². The van der Waals surface area contributed by atoms with Crippen molar-refractivity contribution in [3.05, 3.63) is 71.2 Å². The van der Waals surface area contributed by atoms with Gasteiger partial charge in [0.05, 0.1) is 24.8 Å². The van der Waals surface area contributed by atoms with Crippen molar-refractivity contribution < 1.29 is 14.3 Å². The molecule has 2 aromatic rings. The number of esters is 1. The molecule has 7 nitrogen and oxygen atoms in total. The lowest BCUT2D eigenvalue weighted by Crippen LogP contribution is -2.48. The maximum absolute atomic E-state index is 12.4. The van der Waals surface area contributed by atoms with Gasteiger partial charge in [0.1, 0.15) is 0 Å². The van der Waals surface area contributed by atoms with Crippen LogP contribution in [0, 0.1) is 0 Å². The summed E-state index contributed by atoms with van der Waals surface area (Å²) < 4.78 is 7.44. The predicted molar refractivity (Wildman–Crippen MR) is 104 cm³/mol. The second kappa shape index (κ2) is 7.90. The van der Waals surface area contributed by atoms with Gasteiger partial charge in [0.2, 0.25) is 0 Å². The van der Waals surface area contributed by atoms with E-state index in [1.807, 2.05) is 18.2 Å². The summed E-state index contributed by atoms with van der Waals surface area (Å²) in [4.78, 5) is 26.6. The molecular weight excluding hydrogens is 356 g/mol. The molecule has 0 fully saturated rings. The van der Waals surface area contributed by atoms with E-state index in [-0.39, 0.29) is 24.6 Å². The van der Waals surface area contributed by atoms with Gasteiger partial charge in [-0.05, 0) is 24.6 Å². The number of nitrogens with zero attached hydrogens (tertiary/aromatic N) is 2. The lowest BCUT2D eigenvalue weighted by molar-refractivity contribution is -0.138. The minimum atomic E-state index is -0.387. The van der Waals surface area contributed by atoms with E-state index in [9.17, 15) is 9.59 Å². The van der Waals surface area contributed by atoms with Crippen LogP contribution in [-0.4, -0.2) is 47.7 Å². The average molecular weight is 380 g/mol. The van der Waals surface area contributed by atoms with Gasteiger partial charge in [-0.3, -0.25) is 4.90 Å². The summed E-state index contributed by atoms with van der Waals surface area (Å²) in [5.41, 5.74) is 3.48. The number of rotatable bonds is 5. The van der Waals surface area contributed by atoms with E-state index in [4.69, 9.17) is 4.74 Å². The maximum atomic E-state index is 12.4. The Morgan fingerprint density at radius 1 is 1.18 bits per heavy atom. The van der Waals surface area contributed by atoms with E-state index in [0.717, 1.165) is 13.1 Å². The topological polar surface area (TPSA) is 75.6 Å². The fourth-order valence-corrected chi connectivity index (χ4v) is 3.90. The Hall–Kier alpha value is -3.06. The van der Waals surface area contributed by atoms with Crippen LogP contribution in [0.3, 0.4) is 0 Å². The van der Waals surface area contributed by atoms with Crippen molar-refractivity contribution >= 4 is 12.0 Å². The van der Waals surface area contributed by atoms with Gasteiger partial charge in [-0.1, -0.05) is 30.3 Å². The van der Waals surface area contributed by atoms with Crippen LogP contribution >= 0.6 is 0 Å². The van der Waals surface area contributed by atoms with E-state index in [0.29, 0.717) is 24.4 Å². The first kappa shape index (κ1) is 18.3. The van der Waals surface area contributed by atoms with Crippen molar-refractivity contribution in [2.75, 3.05) is 26.2 Å². The average Bonchev–Trinajstić information content (AvgIpc) is 3.17. The Morgan fingerprint density at radius 2 is 2.00 bits per heavy atom. The first-order valence-electron chi connectivity index (χ1n) is 9.55. The normalized spacial score (nSPS) is 19.6. The highest BCUT2D eigenvalue weighted by molar-refractivity contribution is 5.93. The van der Waals surface area contributed by atoms with Crippen molar-refractivity contribution in [2.24, 2.45) is 0 Å². The number of fused-ring (bicyclic) bond motifs is 1. The number of amides is 2. The van der Waals surface area contributed by atoms with Crippen LogP contribution in [-0.2, 0) is 16.1 Å². The molecule has 0 saturated carbocycles. The van der Waals surface area contributed by atoms with Crippen LogP contribution < -0.4 is 10.6 Å². The molecule has 4 rings (SSSR count). The highest BCUT2D eigenvalue weighted by Gasteiger charge is 2.32. The van der Waals surface area contributed by atoms with Gasteiger partial charge in [0.15, 0.2) is 0 Å². The molecule has 0 saturated heterocycles. The standard InChI is InChI=1S/C21H24N4O3/c1-2-28-20(26)16-13-22-21(27)23-17(16)14-25-12-11-24-10-6-9-18(24)19(25)15-7-4-3-5-8-15/h3-10,19H,2,11-14H2,1H3,(H2,22,23,27). The van der Waals surface area contributed by atoms with Gasteiger partial charge >= 0.3 is 12.0 Å². The molecule has 0 spiro atoms. The summed E-state index contributed by atoms with van der Waals surface area (Å²) in [6.45, 7) is 4.39. The second-order valence-corrected chi connectivity index (χ2v) is 6.90. The number of urea groups is 1. The summed E-state index contributed by atoms with van der Waals surface area (Å²) in [6, 6.07) is 14.2. The molecular formula is C21H24N4O3. The monoisotopic (exact) mass is 380 g/mol. The van der Waals surface area contributed by atoms with Gasteiger partial charge in [0.25, 0.3) is 0 Å². The highest BCUT2D eigenvalue weighted by Crippen LogP contribution is 2.33. The van der Waals surface area contributed by atoms with Gasteiger partial charge in [-0.25, -0.2) is 9.59 Å². The highest BCUT2D eigenvalue weighted by atomic mass is 16.5. The Balaban J connectivity index is 1.68. The van der Waals surface area contributed by atoms with Crippen molar-refractivity contribution in [1.29, 1.82) is 0 Å². The number of hydrogen-bond acceptors (Lipinski definition) is 4. The maximum Gasteiger partial charge on any atom is 0.337 e. The zero-order chi connectivity index (χ0) is 19.5. The quantitative estimate of drug-likeness (QED) is 0.779. The van der Waals surface area contributed by atoms with Crippen LogP contribution in [0.4, 0.5) is 4.79 Å². The Kier molecular flexibility index (Phi) is 5.16. The van der Waals surface area contributed by atoms with Crippen molar-refractivity contribution in [3.8, 4) is 0 Å². The Labute approximate surface area is 164 Å². The number of carbonyl (C=O) groups is 2. The Morgan fingerprint density at radius 3 is 2.79 bits per heavy atom. The van der Waals surface area contributed by atoms with Gasteiger partial charge in [-0.15, -0.1) is 0 Å². The van der Waals surface area contributed by atoms with Crippen LogP contribution in [0.1, 0.15) is 24.2 Å². The fourth-order valence-electron chi connectivity index (χ4n) is 3.90. The molecule has 2 aliphatic heterocycles. The number of aromatic nitrogens is 1. The molecule has 3 heterocycles. The Bertz CT molecular complexity index is 903. The summed E-state index contributed by atoms with van der Waals surface area (Å²) in [7, 11) is 0. The third kappa shape index (κ3) is 3.53. The fraction of sp³-hybridized carbons (Fsp3) is 0.333. The third-order valence-corrected chi connectivity index (χ3v) is 5.19. The van der Waals surface area contributed by atoms with E-state index >= 15 is 0 Å². The number of nitrogens with one attached hydrogen (secondary N) is 2. The molecule has 1 aromatic carbocycles. The summed E-state index contributed by atoms with van der Waals surface area (Å²) in [5.74, 6) is -0.387. The van der Waals surface area contributed by atoms with Crippen molar-refractivity contribution in [2.45, 2.75) is 19.5 Å². The summed E-state index contributed by atoms with van der Waals surface area (Å²) in [6.07, 6.45) is 2.10. The predicted octanol–water partition coefficient (Wildman–Crippen LogP) is 2.02. The molecule has 2 aliphatic rings. The third-order valence-electron chi connectivity index (χ3n) is 5.19. The number of benzene rings is 1. The zero-order valence-corrected chi connectivity index (χ0v) is 15.9. The van der Waals surface area contributed by atoms with Crippen LogP contribution in [0.2, 0.25) is 0 Å². The molecule has 2 amide bonds. The van der Waals surface area contributed by atoms with E-state index in [1.54, 1.807) is 6.92 Å². The molecule has 7 heteroatoms. The first-order valence-corrected chi connectivity index (χ1v) is 9.55. The SMILES string of the molecule is CCOC(=O)C1=C(CN2CCn3cccc3C2c2ccccc2)NC(=O)NC1. The molecule has 146 valence electrons. The molecule has 0 radical (unpaired) electrons. The molecule has 2 N–H and O–H groups in total. The van der Waals surface area contributed by atoms with Crippen LogP contribution in [0.25, 0.3) is 0 Å². The van der Waals surface area contributed by atoms with Crippen molar-refractivity contribution in [3.63, 3.8) is 0 Å². The minimum Gasteiger partial charge on any atom is -0.463 e. The molecule has 1 aromatic heterocycles. The van der Waals surface area contributed by atoms with E-state index < -0.39 is 0 Å². The number of hydrogen-bond donors (Lipinski definition) is 2. The summed E-state index contributed by atoms with van der Waals surface area (Å²) in [5, 5.41) is 5.48. The molecule has 0 aliphatic carbocycles. The lowest BCUT2D eigenvalue weighted by Gasteiger charge is -2.38. The summed E-state index contributed by atoms with van der Waals surface area (Å²) >= 11 is 0. The molecule has 1 unspecified atom stereocenters. The molecule has 1 atom stereocenters. The number of carbonyl (C=O) groups excluding carboxylic acids is 2. The largest absolute Gasteiger partial charge is 0.463 e. The van der Waals surface area contributed by atoms with Gasteiger partial charge < -0.3 is 19.9 Å². The van der Waals surface area contributed by atoms with Crippen molar-refractivity contribution in [1.82, 2.24) is 20.1 Å². The zero-order valence-electron chi connectivity index (χ0n) is 15.9.